The first-order valence-electron chi connectivity index (χ1n) is 7.23. The van der Waals surface area contributed by atoms with Crippen molar-refractivity contribution in [3.05, 3.63) is 35.1 Å². The molecule has 0 saturated heterocycles. The summed E-state index contributed by atoms with van der Waals surface area (Å²) in [6.45, 7) is 5.80. The fourth-order valence-electron chi connectivity index (χ4n) is 2.30. The standard InChI is InChI=1S/C16H22FNO2/c1-11(2)7-8-18(14-4-5-14)10-13-9-12(16(19)20)3-6-15(13)17/h3,6,9,11,14H,4-5,7-8,10H2,1-2H3,(H,19,20). The van der Waals surface area contributed by atoms with E-state index >= 15 is 0 Å². The quantitative estimate of drug-likeness (QED) is 0.830. The first-order valence-corrected chi connectivity index (χ1v) is 7.23. The van der Waals surface area contributed by atoms with Crippen LogP contribution in [0.2, 0.25) is 0 Å². The van der Waals surface area contributed by atoms with E-state index in [2.05, 4.69) is 18.7 Å². The van der Waals surface area contributed by atoms with Crippen LogP contribution in [0.5, 0.6) is 0 Å². The number of hydrogen-bond acceptors (Lipinski definition) is 2. The zero-order valence-corrected chi connectivity index (χ0v) is 12.1. The van der Waals surface area contributed by atoms with Gasteiger partial charge in [0.05, 0.1) is 5.56 Å². The summed E-state index contributed by atoms with van der Waals surface area (Å²) in [6, 6.07) is 4.58. The summed E-state index contributed by atoms with van der Waals surface area (Å²) in [5.41, 5.74) is 0.640. The van der Waals surface area contributed by atoms with Gasteiger partial charge in [-0.1, -0.05) is 13.8 Å². The zero-order valence-electron chi connectivity index (χ0n) is 12.1. The number of hydrogen-bond donors (Lipinski definition) is 1. The van der Waals surface area contributed by atoms with Crippen molar-refractivity contribution in [1.82, 2.24) is 4.90 Å². The lowest BCUT2D eigenvalue weighted by Gasteiger charge is -2.23. The fourth-order valence-corrected chi connectivity index (χ4v) is 2.30. The van der Waals surface area contributed by atoms with Crippen molar-refractivity contribution >= 4 is 5.97 Å². The molecule has 0 spiro atoms. The monoisotopic (exact) mass is 279 g/mol. The second-order valence-electron chi connectivity index (χ2n) is 6.00. The Bertz CT molecular complexity index is 483. The van der Waals surface area contributed by atoms with Crippen LogP contribution in [-0.2, 0) is 6.54 Å². The molecule has 0 aromatic heterocycles. The summed E-state index contributed by atoms with van der Waals surface area (Å²) in [4.78, 5) is 13.3. The second kappa shape index (κ2) is 6.35. The summed E-state index contributed by atoms with van der Waals surface area (Å²) < 4.78 is 13.9. The van der Waals surface area contributed by atoms with Gasteiger partial charge in [0.25, 0.3) is 0 Å². The molecule has 0 unspecified atom stereocenters. The van der Waals surface area contributed by atoms with Gasteiger partial charge in [0, 0.05) is 18.2 Å². The lowest BCUT2D eigenvalue weighted by Crippen LogP contribution is -2.28. The number of carbonyl (C=O) groups is 1. The fraction of sp³-hybridized carbons (Fsp3) is 0.562. The normalized spacial score (nSPS) is 15.1. The molecule has 0 bridgehead atoms. The molecule has 0 amide bonds. The first kappa shape index (κ1) is 15.0. The lowest BCUT2D eigenvalue weighted by molar-refractivity contribution is 0.0696. The molecule has 0 radical (unpaired) electrons. The van der Waals surface area contributed by atoms with Gasteiger partial charge in [-0.15, -0.1) is 0 Å². The van der Waals surface area contributed by atoms with E-state index in [0.717, 1.165) is 13.0 Å². The SMILES string of the molecule is CC(C)CCN(Cc1cc(C(=O)O)ccc1F)C1CC1. The molecule has 2 rings (SSSR count). The third-order valence-electron chi connectivity index (χ3n) is 3.72. The molecule has 0 atom stereocenters. The third kappa shape index (κ3) is 4.04. The van der Waals surface area contributed by atoms with Crippen LogP contribution in [0.25, 0.3) is 0 Å². The number of aromatic carboxylic acids is 1. The van der Waals surface area contributed by atoms with Gasteiger partial charge >= 0.3 is 5.97 Å². The van der Waals surface area contributed by atoms with Gasteiger partial charge in [-0.05, 0) is 49.9 Å². The van der Waals surface area contributed by atoms with Crippen molar-refractivity contribution in [2.24, 2.45) is 5.92 Å². The number of benzene rings is 1. The number of nitrogens with zero attached hydrogens (tertiary/aromatic N) is 1. The molecule has 3 nitrogen and oxygen atoms in total. The zero-order chi connectivity index (χ0) is 14.7. The summed E-state index contributed by atoms with van der Waals surface area (Å²) in [6.07, 6.45) is 3.41. The molecule has 0 aliphatic heterocycles. The number of carboxylic acids is 1. The van der Waals surface area contributed by atoms with E-state index in [1.165, 1.54) is 31.0 Å². The molecule has 110 valence electrons. The van der Waals surface area contributed by atoms with Gasteiger partial charge in [-0.3, -0.25) is 4.90 Å². The molecule has 1 N–H and O–H groups in total. The van der Waals surface area contributed by atoms with Crippen LogP contribution < -0.4 is 0 Å². The number of rotatable bonds is 7. The highest BCUT2D eigenvalue weighted by atomic mass is 19.1. The van der Waals surface area contributed by atoms with Crippen LogP contribution in [0.15, 0.2) is 18.2 Å². The Morgan fingerprint density at radius 2 is 2.15 bits per heavy atom. The summed E-state index contributed by atoms with van der Waals surface area (Å²) >= 11 is 0. The molecule has 20 heavy (non-hydrogen) atoms. The Balaban J connectivity index is 2.09. The van der Waals surface area contributed by atoms with E-state index in [1.54, 1.807) is 0 Å². The van der Waals surface area contributed by atoms with Crippen molar-refractivity contribution in [3.8, 4) is 0 Å². The van der Waals surface area contributed by atoms with Crippen LogP contribution in [0.4, 0.5) is 4.39 Å². The molecule has 0 heterocycles. The van der Waals surface area contributed by atoms with Gasteiger partial charge in [-0.25, -0.2) is 9.18 Å². The van der Waals surface area contributed by atoms with Crippen molar-refractivity contribution in [2.75, 3.05) is 6.54 Å². The van der Waals surface area contributed by atoms with Crippen LogP contribution in [0, 0.1) is 11.7 Å². The van der Waals surface area contributed by atoms with Gasteiger partial charge in [0.2, 0.25) is 0 Å². The topological polar surface area (TPSA) is 40.5 Å². The molecule has 4 heteroatoms. The Morgan fingerprint density at radius 3 is 2.70 bits per heavy atom. The van der Waals surface area contributed by atoms with Gasteiger partial charge in [-0.2, -0.15) is 0 Å². The first-order chi connectivity index (χ1) is 9.47. The van der Waals surface area contributed by atoms with Crippen molar-refractivity contribution in [3.63, 3.8) is 0 Å². The summed E-state index contributed by atoms with van der Waals surface area (Å²) in [5.74, 6) is -0.706. The highest BCUT2D eigenvalue weighted by Crippen LogP contribution is 2.29. The van der Waals surface area contributed by atoms with Crippen molar-refractivity contribution < 1.29 is 14.3 Å². The molecule has 1 aromatic carbocycles. The third-order valence-corrected chi connectivity index (χ3v) is 3.72. The van der Waals surface area contributed by atoms with Crippen LogP contribution in [0.3, 0.4) is 0 Å². The molecule has 1 aliphatic carbocycles. The Labute approximate surface area is 119 Å². The van der Waals surface area contributed by atoms with Gasteiger partial charge in [0.15, 0.2) is 0 Å². The second-order valence-corrected chi connectivity index (χ2v) is 6.00. The Morgan fingerprint density at radius 1 is 1.45 bits per heavy atom. The molecular formula is C16H22FNO2. The van der Waals surface area contributed by atoms with Gasteiger partial charge in [0.1, 0.15) is 5.82 Å². The molecule has 1 aromatic rings. The highest BCUT2D eigenvalue weighted by Gasteiger charge is 2.29. The van der Waals surface area contributed by atoms with Crippen molar-refractivity contribution in [2.45, 2.75) is 45.7 Å². The average molecular weight is 279 g/mol. The minimum absolute atomic E-state index is 0.154. The minimum atomic E-state index is -1.01. The smallest absolute Gasteiger partial charge is 0.335 e. The van der Waals surface area contributed by atoms with E-state index < -0.39 is 5.97 Å². The lowest BCUT2D eigenvalue weighted by atomic mass is 10.1. The molecular weight excluding hydrogens is 257 g/mol. The molecule has 1 saturated carbocycles. The Kier molecular flexibility index (Phi) is 4.76. The van der Waals surface area contributed by atoms with E-state index in [4.69, 9.17) is 5.11 Å². The largest absolute Gasteiger partial charge is 0.478 e. The maximum absolute atomic E-state index is 13.9. The van der Waals surface area contributed by atoms with Crippen LogP contribution in [0.1, 0.15) is 49.0 Å². The van der Waals surface area contributed by atoms with Gasteiger partial charge < -0.3 is 5.11 Å². The van der Waals surface area contributed by atoms with E-state index in [1.807, 2.05) is 0 Å². The van der Waals surface area contributed by atoms with E-state index in [0.29, 0.717) is 24.1 Å². The average Bonchev–Trinajstić information content (AvgIpc) is 3.20. The van der Waals surface area contributed by atoms with Crippen LogP contribution >= 0.6 is 0 Å². The predicted octanol–water partition coefficient (Wildman–Crippen LogP) is 3.53. The number of carboxylic acid groups (broad SMARTS) is 1. The highest BCUT2D eigenvalue weighted by molar-refractivity contribution is 5.87. The maximum Gasteiger partial charge on any atom is 0.335 e. The van der Waals surface area contributed by atoms with Crippen LogP contribution in [-0.4, -0.2) is 28.6 Å². The predicted molar refractivity (Wildman–Crippen MR) is 76.2 cm³/mol. The number of halogens is 1. The minimum Gasteiger partial charge on any atom is -0.478 e. The van der Waals surface area contributed by atoms with E-state index in [-0.39, 0.29) is 11.4 Å². The summed E-state index contributed by atoms with van der Waals surface area (Å²) in [7, 11) is 0. The Hall–Kier alpha value is -1.42. The maximum atomic E-state index is 13.9. The molecule has 1 fully saturated rings. The molecule has 1 aliphatic rings. The summed E-state index contributed by atoms with van der Waals surface area (Å²) in [5, 5.41) is 9.00. The van der Waals surface area contributed by atoms with Crippen molar-refractivity contribution in [1.29, 1.82) is 0 Å². The van der Waals surface area contributed by atoms with E-state index in [9.17, 15) is 9.18 Å².